The second-order valence-electron chi connectivity index (χ2n) is 4.71. The van der Waals surface area contributed by atoms with E-state index in [4.69, 9.17) is 4.84 Å². The van der Waals surface area contributed by atoms with E-state index >= 15 is 0 Å². The number of benzene rings is 1. The van der Waals surface area contributed by atoms with Gasteiger partial charge < -0.3 is 0 Å². The van der Waals surface area contributed by atoms with E-state index in [0.29, 0.717) is 5.56 Å². The zero-order valence-electron chi connectivity index (χ0n) is 10.2. The molecule has 0 atom stereocenters. The monoisotopic (exact) mass is 261 g/mol. The minimum Gasteiger partial charge on any atom is -0.281 e. The molecule has 0 spiro atoms. The summed E-state index contributed by atoms with van der Waals surface area (Å²) in [5, 5.41) is 0. The minimum absolute atomic E-state index is 0.162. The van der Waals surface area contributed by atoms with Crippen molar-refractivity contribution in [1.82, 2.24) is 4.89 Å². The van der Waals surface area contributed by atoms with Gasteiger partial charge in [-0.1, -0.05) is 11.0 Å². The normalized spacial score (nSPS) is 12.8. The van der Waals surface area contributed by atoms with Crippen LogP contribution in [0.2, 0.25) is 0 Å². The van der Waals surface area contributed by atoms with Crippen molar-refractivity contribution in [3.8, 4) is 0 Å². The highest BCUT2D eigenvalue weighted by Crippen LogP contribution is 2.15. The second-order valence-corrected chi connectivity index (χ2v) is 6.36. The van der Waals surface area contributed by atoms with Crippen molar-refractivity contribution in [2.45, 2.75) is 38.2 Å². The van der Waals surface area contributed by atoms with Crippen LogP contribution < -0.4 is 4.89 Å². The van der Waals surface area contributed by atoms with Gasteiger partial charge in [0, 0.05) is 0 Å². The molecular formula is C11H16FNO3S. The second kappa shape index (κ2) is 4.72. The molecule has 96 valence electrons. The fourth-order valence-corrected chi connectivity index (χ4v) is 1.93. The average Bonchev–Trinajstić information content (AvgIpc) is 2.18. The number of hydrogen-bond donors (Lipinski definition) is 1. The largest absolute Gasteiger partial charge is 0.281 e. The van der Waals surface area contributed by atoms with Crippen molar-refractivity contribution in [3.63, 3.8) is 0 Å². The molecule has 1 aromatic carbocycles. The molecule has 0 heterocycles. The number of aryl methyl sites for hydroxylation is 1. The summed E-state index contributed by atoms with van der Waals surface area (Å²) < 4.78 is 36.7. The standard InChI is InChI=1S/C11H16FNO3S/c1-8-5-6-9(7-10(8)12)17(14,15)13-16-11(2,3)4/h5-7,13H,1-4H3. The summed E-state index contributed by atoms with van der Waals surface area (Å²) in [6.07, 6.45) is 0. The lowest BCUT2D eigenvalue weighted by Gasteiger charge is -2.19. The highest BCUT2D eigenvalue weighted by atomic mass is 32.2. The molecule has 0 saturated carbocycles. The molecule has 0 aliphatic carbocycles. The van der Waals surface area contributed by atoms with Gasteiger partial charge in [0.25, 0.3) is 10.0 Å². The summed E-state index contributed by atoms with van der Waals surface area (Å²) in [5.74, 6) is -0.566. The van der Waals surface area contributed by atoms with E-state index in [9.17, 15) is 12.8 Å². The van der Waals surface area contributed by atoms with Gasteiger partial charge >= 0.3 is 0 Å². The molecule has 0 saturated heterocycles. The van der Waals surface area contributed by atoms with Crippen molar-refractivity contribution < 1.29 is 17.6 Å². The smallest absolute Gasteiger partial charge is 0.262 e. The molecule has 0 fully saturated rings. The van der Waals surface area contributed by atoms with Gasteiger partial charge in [-0.25, -0.2) is 12.8 Å². The van der Waals surface area contributed by atoms with Crippen molar-refractivity contribution in [2.24, 2.45) is 0 Å². The van der Waals surface area contributed by atoms with E-state index in [-0.39, 0.29) is 4.90 Å². The third-order valence-corrected chi connectivity index (χ3v) is 3.09. The first-order valence-corrected chi connectivity index (χ1v) is 6.56. The van der Waals surface area contributed by atoms with Crippen LogP contribution >= 0.6 is 0 Å². The number of hydrogen-bond acceptors (Lipinski definition) is 3. The molecule has 0 aliphatic heterocycles. The molecule has 0 amide bonds. The van der Waals surface area contributed by atoms with Crippen molar-refractivity contribution in [2.75, 3.05) is 0 Å². The molecule has 17 heavy (non-hydrogen) atoms. The van der Waals surface area contributed by atoms with Gasteiger partial charge in [-0.05, 0) is 45.4 Å². The molecule has 0 aliphatic rings. The molecule has 4 nitrogen and oxygen atoms in total. The first-order valence-electron chi connectivity index (χ1n) is 5.08. The van der Waals surface area contributed by atoms with Gasteiger partial charge in [0.15, 0.2) is 0 Å². The molecule has 1 aromatic rings. The van der Waals surface area contributed by atoms with Crippen LogP contribution in [-0.4, -0.2) is 14.0 Å². The lowest BCUT2D eigenvalue weighted by Crippen LogP contribution is -2.33. The Labute approximate surface area is 101 Å². The zero-order chi connectivity index (χ0) is 13.3. The van der Waals surface area contributed by atoms with Crippen LogP contribution in [0, 0.1) is 12.7 Å². The average molecular weight is 261 g/mol. The maximum Gasteiger partial charge on any atom is 0.262 e. The summed E-state index contributed by atoms with van der Waals surface area (Å²) >= 11 is 0. The predicted octanol–water partition coefficient (Wildman–Crippen LogP) is 2.14. The van der Waals surface area contributed by atoms with Gasteiger partial charge in [-0.2, -0.15) is 0 Å². The van der Waals surface area contributed by atoms with Crippen LogP contribution in [0.1, 0.15) is 26.3 Å². The molecule has 0 radical (unpaired) electrons. The van der Waals surface area contributed by atoms with E-state index in [0.717, 1.165) is 6.07 Å². The fraction of sp³-hybridized carbons (Fsp3) is 0.455. The van der Waals surface area contributed by atoms with E-state index in [2.05, 4.69) is 0 Å². The maximum atomic E-state index is 13.3. The SMILES string of the molecule is Cc1ccc(S(=O)(=O)NOC(C)(C)C)cc1F. The molecule has 1 N–H and O–H groups in total. The topological polar surface area (TPSA) is 55.4 Å². The van der Waals surface area contributed by atoms with E-state index < -0.39 is 21.4 Å². The molecular weight excluding hydrogens is 245 g/mol. The van der Waals surface area contributed by atoms with Gasteiger partial charge in [-0.15, -0.1) is 0 Å². The van der Waals surface area contributed by atoms with E-state index in [1.807, 2.05) is 4.89 Å². The van der Waals surface area contributed by atoms with Gasteiger partial charge in [0.2, 0.25) is 0 Å². The van der Waals surface area contributed by atoms with Crippen molar-refractivity contribution in [3.05, 3.63) is 29.6 Å². The first kappa shape index (κ1) is 14.1. The predicted molar refractivity (Wildman–Crippen MR) is 62.3 cm³/mol. The van der Waals surface area contributed by atoms with Crippen molar-refractivity contribution >= 4 is 10.0 Å². The molecule has 0 unspecified atom stereocenters. The van der Waals surface area contributed by atoms with Crippen LogP contribution in [0.5, 0.6) is 0 Å². The Morgan fingerprint density at radius 1 is 1.29 bits per heavy atom. The van der Waals surface area contributed by atoms with E-state index in [1.54, 1.807) is 27.7 Å². The van der Waals surface area contributed by atoms with Gasteiger partial charge in [0.1, 0.15) is 5.82 Å². The Bertz CT molecular complexity index is 506. The zero-order valence-corrected chi connectivity index (χ0v) is 11.1. The third kappa shape index (κ3) is 4.07. The number of rotatable bonds is 3. The molecule has 0 aromatic heterocycles. The lowest BCUT2D eigenvalue weighted by molar-refractivity contribution is -0.0357. The summed E-state index contributed by atoms with van der Waals surface area (Å²) in [7, 11) is -3.84. The highest BCUT2D eigenvalue weighted by molar-refractivity contribution is 7.89. The van der Waals surface area contributed by atoms with Crippen LogP contribution in [0.3, 0.4) is 0 Å². The third-order valence-electron chi connectivity index (χ3n) is 1.91. The Balaban J connectivity index is 2.94. The van der Waals surface area contributed by atoms with Crippen molar-refractivity contribution in [1.29, 1.82) is 0 Å². The fourth-order valence-electron chi connectivity index (χ4n) is 0.969. The summed E-state index contributed by atoms with van der Waals surface area (Å²) in [6, 6.07) is 3.69. The van der Waals surface area contributed by atoms with E-state index in [1.165, 1.54) is 12.1 Å². The molecule has 1 rings (SSSR count). The maximum absolute atomic E-state index is 13.3. The minimum atomic E-state index is -3.84. The van der Waals surface area contributed by atoms with Crippen LogP contribution in [0.4, 0.5) is 4.39 Å². The van der Waals surface area contributed by atoms with Crippen LogP contribution in [0.15, 0.2) is 23.1 Å². The number of halogens is 1. The molecule has 0 bridgehead atoms. The summed E-state index contributed by atoms with van der Waals surface area (Å²) in [5.41, 5.74) is -0.267. The number of sulfonamides is 1. The Kier molecular flexibility index (Phi) is 3.91. The lowest BCUT2D eigenvalue weighted by atomic mass is 10.2. The highest BCUT2D eigenvalue weighted by Gasteiger charge is 2.19. The van der Waals surface area contributed by atoms with Gasteiger partial charge in [0.05, 0.1) is 10.5 Å². The van der Waals surface area contributed by atoms with Gasteiger partial charge in [-0.3, -0.25) is 4.84 Å². The first-order chi connectivity index (χ1) is 7.62. The Morgan fingerprint density at radius 2 is 1.88 bits per heavy atom. The Morgan fingerprint density at radius 3 is 2.35 bits per heavy atom. The molecule has 6 heteroatoms. The summed E-state index contributed by atoms with van der Waals surface area (Å²) in [4.78, 5) is 6.76. The quantitative estimate of drug-likeness (QED) is 0.848. The number of nitrogens with one attached hydrogen (secondary N) is 1. The Hall–Kier alpha value is -0.980. The van der Waals surface area contributed by atoms with Crippen LogP contribution in [0.25, 0.3) is 0 Å². The van der Waals surface area contributed by atoms with Crippen LogP contribution in [-0.2, 0) is 14.9 Å². The summed E-state index contributed by atoms with van der Waals surface area (Å²) in [6.45, 7) is 6.66.